The molecule has 0 rings (SSSR count). The van der Waals surface area contributed by atoms with E-state index in [1.165, 1.54) is 0 Å². The summed E-state index contributed by atoms with van der Waals surface area (Å²) in [6.45, 7) is 3.20. The molecular formula is C7H17N3O. The van der Waals surface area contributed by atoms with Gasteiger partial charge in [-0.05, 0) is 13.5 Å². The molecule has 66 valence electrons. The van der Waals surface area contributed by atoms with Crippen LogP contribution in [0.4, 0.5) is 0 Å². The van der Waals surface area contributed by atoms with Gasteiger partial charge in [0.25, 0.3) is 0 Å². The van der Waals surface area contributed by atoms with Crippen molar-refractivity contribution < 1.29 is 4.79 Å². The third-order valence-corrected chi connectivity index (χ3v) is 1.73. The number of rotatable bonds is 5. The van der Waals surface area contributed by atoms with Crippen LogP contribution >= 0.6 is 0 Å². The minimum Gasteiger partial charge on any atom is -0.368 e. The van der Waals surface area contributed by atoms with Gasteiger partial charge in [0.1, 0.15) is 0 Å². The quantitative estimate of drug-likeness (QED) is 0.548. The highest BCUT2D eigenvalue weighted by molar-refractivity contribution is 5.79. The Morgan fingerprint density at radius 2 is 2.18 bits per heavy atom. The number of hydrogen-bond donors (Lipinski definition) is 2. The summed E-state index contributed by atoms with van der Waals surface area (Å²) in [5.74, 6) is -0.275. The molecular weight excluding hydrogens is 142 g/mol. The van der Waals surface area contributed by atoms with Crippen LogP contribution in [0.2, 0.25) is 0 Å². The van der Waals surface area contributed by atoms with Crippen LogP contribution < -0.4 is 11.5 Å². The van der Waals surface area contributed by atoms with Crippen LogP contribution in [-0.4, -0.2) is 37.0 Å². The number of nitrogens with zero attached hydrogens (tertiary/aromatic N) is 1. The first-order valence-electron chi connectivity index (χ1n) is 3.83. The Bertz CT molecular complexity index is 127. The van der Waals surface area contributed by atoms with Crippen molar-refractivity contribution in [3.63, 3.8) is 0 Å². The van der Waals surface area contributed by atoms with Crippen LogP contribution in [0.25, 0.3) is 0 Å². The van der Waals surface area contributed by atoms with Gasteiger partial charge in [-0.1, -0.05) is 6.92 Å². The Balaban J connectivity index is 3.91. The second kappa shape index (κ2) is 5.09. The summed E-state index contributed by atoms with van der Waals surface area (Å²) < 4.78 is 0. The van der Waals surface area contributed by atoms with Crippen molar-refractivity contribution in [1.82, 2.24) is 4.90 Å². The molecule has 0 spiro atoms. The van der Waals surface area contributed by atoms with Crippen molar-refractivity contribution in [1.29, 1.82) is 0 Å². The molecule has 0 saturated carbocycles. The predicted molar refractivity (Wildman–Crippen MR) is 45.0 cm³/mol. The summed E-state index contributed by atoms with van der Waals surface area (Å²) in [5, 5.41) is 0. The van der Waals surface area contributed by atoms with Gasteiger partial charge < -0.3 is 11.5 Å². The zero-order valence-electron chi connectivity index (χ0n) is 7.21. The molecule has 0 heterocycles. The molecule has 0 bridgehead atoms. The largest absolute Gasteiger partial charge is 0.368 e. The molecule has 4 nitrogen and oxygen atoms in total. The standard InChI is InChI=1S/C7H17N3O/c1-3-6(7(9)11)10(2)5-4-8/h6H,3-5,8H2,1-2H3,(H2,9,11). The highest BCUT2D eigenvalue weighted by Gasteiger charge is 2.16. The van der Waals surface area contributed by atoms with Crippen LogP contribution in [0, 0.1) is 0 Å². The maximum atomic E-state index is 10.8. The summed E-state index contributed by atoms with van der Waals surface area (Å²) in [6, 6.07) is -0.168. The average Bonchev–Trinajstić information content (AvgIpc) is 1.88. The molecule has 0 aliphatic rings. The number of likely N-dealkylation sites (N-methyl/N-ethyl adjacent to an activating group) is 1. The fraction of sp³-hybridized carbons (Fsp3) is 0.857. The Kier molecular flexibility index (Phi) is 4.81. The summed E-state index contributed by atoms with van der Waals surface area (Å²) in [7, 11) is 1.85. The van der Waals surface area contributed by atoms with E-state index in [0.717, 1.165) is 6.42 Å². The van der Waals surface area contributed by atoms with E-state index in [1.807, 2.05) is 18.9 Å². The topological polar surface area (TPSA) is 72.4 Å². The molecule has 0 saturated heterocycles. The SMILES string of the molecule is CCC(C(N)=O)N(C)CCN. The van der Waals surface area contributed by atoms with Crippen LogP contribution in [0.1, 0.15) is 13.3 Å². The Morgan fingerprint density at radius 1 is 1.64 bits per heavy atom. The van der Waals surface area contributed by atoms with Gasteiger partial charge >= 0.3 is 0 Å². The van der Waals surface area contributed by atoms with E-state index in [9.17, 15) is 4.79 Å². The molecule has 0 fully saturated rings. The number of hydrogen-bond acceptors (Lipinski definition) is 3. The van der Waals surface area contributed by atoms with Crippen LogP contribution in [0.5, 0.6) is 0 Å². The Labute approximate surface area is 67.5 Å². The number of carbonyl (C=O) groups is 1. The van der Waals surface area contributed by atoms with Crippen LogP contribution in [-0.2, 0) is 4.79 Å². The lowest BCUT2D eigenvalue weighted by atomic mass is 10.2. The molecule has 0 radical (unpaired) electrons. The second-order valence-corrected chi connectivity index (χ2v) is 2.60. The zero-order valence-corrected chi connectivity index (χ0v) is 7.21. The zero-order chi connectivity index (χ0) is 8.85. The minimum atomic E-state index is -0.275. The molecule has 1 amide bonds. The molecule has 11 heavy (non-hydrogen) atoms. The van der Waals surface area contributed by atoms with Gasteiger partial charge in [-0.25, -0.2) is 0 Å². The molecule has 0 aliphatic carbocycles. The van der Waals surface area contributed by atoms with Crippen LogP contribution in [0.3, 0.4) is 0 Å². The molecule has 0 aromatic rings. The van der Waals surface area contributed by atoms with E-state index >= 15 is 0 Å². The summed E-state index contributed by atoms with van der Waals surface area (Å²) in [5.41, 5.74) is 10.5. The molecule has 4 heteroatoms. The summed E-state index contributed by atoms with van der Waals surface area (Å²) in [6.07, 6.45) is 0.742. The summed E-state index contributed by atoms with van der Waals surface area (Å²) >= 11 is 0. The normalized spacial score (nSPS) is 13.5. The van der Waals surface area contributed by atoms with Crippen molar-refractivity contribution in [2.75, 3.05) is 20.1 Å². The van der Waals surface area contributed by atoms with Gasteiger partial charge in [0, 0.05) is 13.1 Å². The smallest absolute Gasteiger partial charge is 0.234 e. The first-order valence-corrected chi connectivity index (χ1v) is 3.83. The van der Waals surface area contributed by atoms with E-state index in [0.29, 0.717) is 13.1 Å². The van der Waals surface area contributed by atoms with Gasteiger partial charge in [0.05, 0.1) is 6.04 Å². The maximum Gasteiger partial charge on any atom is 0.234 e. The number of amides is 1. The fourth-order valence-corrected chi connectivity index (χ4v) is 1.09. The van der Waals surface area contributed by atoms with E-state index in [2.05, 4.69) is 0 Å². The van der Waals surface area contributed by atoms with Gasteiger partial charge in [-0.15, -0.1) is 0 Å². The molecule has 1 unspecified atom stereocenters. The Hall–Kier alpha value is -0.610. The Morgan fingerprint density at radius 3 is 2.45 bits per heavy atom. The second-order valence-electron chi connectivity index (χ2n) is 2.60. The highest BCUT2D eigenvalue weighted by Crippen LogP contribution is 1.98. The average molecular weight is 159 g/mol. The molecule has 4 N–H and O–H groups in total. The lowest BCUT2D eigenvalue weighted by Gasteiger charge is -2.23. The van der Waals surface area contributed by atoms with E-state index in [-0.39, 0.29) is 11.9 Å². The third-order valence-electron chi connectivity index (χ3n) is 1.73. The fourth-order valence-electron chi connectivity index (χ4n) is 1.09. The van der Waals surface area contributed by atoms with E-state index < -0.39 is 0 Å². The van der Waals surface area contributed by atoms with E-state index in [1.54, 1.807) is 0 Å². The van der Waals surface area contributed by atoms with Crippen molar-refractivity contribution in [3.8, 4) is 0 Å². The molecule has 0 aromatic heterocycles. The highest BCUT2D eigenvalue weighted by atomic mass is 16.1. The maximum absolute atomic E-state index is 10.8. The van der Waals surface area contributed by atoms with E-state index in [4.69, 9.17) is 11.5 Å². The van der Waals surface area contributed by atoms with Gasteiger partial charge in [-0.3, -0.25) is 9.69 Å². The number of primary amides is 1. The lowest BCUT2D eigenvalue weighted by Crippen LogP contribution is -2.44. The van der Waals surface area contributed by atoms with Gasteiger partial charge in [0.15, 0.2) is 0 Å². The first kappa shape index (κ1) is 10.4. The molecule has 0 aliphatic heterocycles. The van der Waals surface area contributed by atoms with Crippen LogP contribution in [0.15, 0.2) is 0 Å². The van der Waals surface area contributed by atoms with Crippen molar-refractivity contribution in [3.05, 3.63) is 0 Å². The monoisotopic (exact) mass is 159 g/mol. The lowest BCUT2D eigenvalue weighted by molar-refractivity contribution is -0.122. The van der Waals surface area contributed by atoms with Crippen molar-refractivity contribution >= 4 is 5.91 Å². The number of carbonyl (C=O) groups excluding carboxylic acids is 1. The van der Waals surface area contributed by atoms with Gasteiger partial charge in [-0.2, -0.15) is 0 Å². The molecule has 1 atom stereocenters. The predicted octanol–water partition coefficient (Wildman–Crippen LogP) is -0.859. The van der Waals surface area contributed by atoms with Crippen molar-refractivity contribution in [2.24, 2.45) is 11.5 Å². The van der Waals surface area contributed by atoms with Crippen molar-refractivity contribution in [2.45, 2.75) is 19.4 Å². The minimum absolute atomic E-state index is 0.168. The van der Waals surface area contributed by atoms with Gasteiger partial charge in [0.2, 0.25) is 5.91 Å². The third kappa shape index (κ3) is 3.34. The first-order chi connectivity index (χ1) is 5.13. The number of nitrogens with two attached hydrogens (primary N) is 2. The molecule has 0 aromatic carbocycles. The summed E-state index contributed by atoms with van der Waals surface area (Å²) in [4.78, 5) is 12.7.